The van der Waals surface area contributed by atoms with Crippen molar-refractivity contribution < 1.29 is 4.74 Å². The Morgan fingerprint density at radius 1 is 1.28 bits per heavy atom. The summed E-state index contributed by atoms with van der Waals surface area (Å²) in [5, 5.41) is 3.64. The summed E-state index contributed by atoms with van der Waals surface area (Å²) in [7, 11) is 0. The third-order valence-electron chi connectivity index (χ3n) is 3.48. The Bertz CT molecular complexity index is 419. The first-order chi connectivity index (χ1) is 8.69. The average Bonchev–Trinajstić information content (AvgIpc) is 2.72. The van der Waals surface area contributed by atoms with Crippen molar-refractivity contribution in [3.63, 3.8) is 0 Å². The van der Waals surface area contributed by atoms with E-state index in [4.69, 9.17) is 4.74 Å². The normalized spacial score (nSPS) is 21.8. The van der Waals surface area contributed by atoms with Crippen molar-refractivity contribution in [2.75, 3.05) is 6.54 Å². The molecule has 0 saturated carbocycles. The first-order valence-corrected chi connectivity index (χ1v) is 7.67. The van der Waals surface area contributed by atoms with Crippen LogP contribution in [0.15, 0.2) is 16.6 Å². The second-order valence-electron chi connectivity index (χ2n) is 4.98. The molecular formula is C15H22BrNO. The maximum atomic E-state index is 6.18. The standard InChI is InChI=1S/C15H22BrNO/c1-4-6-12-14(17-9-5-2)13-11(16)8-7-10(3)15(13)18-12/h7-8,12,14,17H,4-6,9H2,1-3H3. The zero-order valence-corrected chi connectivity index (χ0v) is 13.0. The summed E-state index contributed by atoms with van der Waals surface area (Å²) in [6.07, 6.45) is 3.67. The van der Waals surface area contributed by atoms with E-state index in [9.17, 15) is 0 Å². The van der Waals surface area contributed by atoms with Gasteiger partial charge in [0.05, 0.1) is 6.04 Å². The van der Waals surface area contributed by atoms with Crippen LogP contribution in [-0.2, 0) is 0 Å². The Kier molecular flexibility index (Phi) is 4.68. The third kappa shape index (κ3) is 2.57. The summed E-state index contributed by atoms with van der Waals surface area (Å²) >= 11 is 3.67. The van der Waals surface area contributed by atoms with Gasteiger partial charge in [0.2, 0.25) is 0 Å². The maximum absolute atomic E-state index is 6.18. The number of hydrogen-bond acceptors (Lipinski definition) is 2. The molecule has 0 aromatic heterocycles. The van der Waals surface area contributed by atoms with Crippen LogP contribution in [0, 0.1) is 6.92 Å². The number of ether oxygens (including phenoxy) is 1. The molecule has 100 valence electrons. The lowest BCUT2D eigenvalue weighted by Gasteiger charge is -2.20. The van der Waals surface area contributed by atoms with Gasteiger partial charge in [0, 0.05) is 10.0 Å². The molecule has 3 heteroatoms. The largest absolute Gasteiger partial charge is 0.488 e. The van der Waals surface area contributed by atoms with Gasteiger partial charge in [-0.3, -0.25) is 0 Å². The number of benzene rings is 1. The molecule has 0 radical (unpaired) electrons. The SMILES string of the molecule is CCCNC1c2c(Br)ccc(C)c2OC1CCC. The van der Waals surface area contributed by atoms with E-state index in [-0.39, 0.29) is 6.10 Å². The fourth-order valence-corrected chi connectivity index (χ4v) is 3.14. The molecule has 0 amide bonds. The Morgan fingerprint density at radius 3 is 2.72 bits per heavy atom. The van der Waals surface area contributed by atoms with E-state index in [1.165, 1.54) is 11.1 Å². The molecular weight excluding hydrogens is 290 g/mol. The number of rotatable bonds is 5. The fraction of sp³-hybridized carbons (Fsp3) is 0.600. The van der Waals surface area contributed by atoms with Crippen LogP contribution >= 0.6 is 15.9 Å². The molecule has 2 unspecified atom stereocenters. The van der Waals surface area contributed by atoms with E-state index < -0.39 is 0 Å². The maximum Gasteiger partial charge on any atom is 0.128 e. The molecule has 1 N–H and O–H groups in total. The van der Waals surface area contributed by atoms with Gasteiger partial charge < -0.3 is 10.1 Å². The number of aryl methyl sites for hydroxylation is 1. The molecule has 0 fully saturated rings. The van der Waals surface area contributed by atoms with Gasteiger partial charge in [-0.15, -0.1) is 0 Å². The Hall–Kier alpha value is -0.540. The third-order valence-corrected chi connectivity index (χ3v) is 4.17. The van der Waals surface area contributed by atoms with Crippen LogP contribution in [0.4, 0.5) is 0 Å². The summed E-state index contributed by atoms with van der Waals surface area (Å²) in [5.41, 5.74) is 2.54. The first-order valence-electron chi connectivity index (χ1n) is 6.88. The van der Waals surface area contributed by atoms with Crippen molar-refractivity contribution in [3.05, 3.63) is 27.7 Å². The highest BCUT2D eigenvalue weighted by Crippen LogP contribution is 2.44. The lowest BCUT2D eigenvalue weighted by atomic mass is 9.99. The highest BCUT2D eigenvalue weighted by Gasteiger charge is 2.35. The van der Waals surface area contributed by atoms with Crippen molar-refractivity contribution in [3.8, 4) is 5.75 Å². The van der Waals surface area contributed by atoms with E-state index in [1.807, 2.05) is 0 Å². The zero-order valence-electron chi connectivity index (χ0n) is 11.4. The van der Waals surface area contributed by atoms with Crippen LogP contribution < -0.4 is 10.1 Å². The van der Waals surface area contributed by atoms with Crippen LogP contribution in [0.3, 0.4) is 0 Å². The van der Waals surface area contributed by atoms with Gasteiger partial charge in [-0.25, -0.2) is 0 Å². The predicted molar refractivity (Wildman–Crippen MR) is 79.2 cm³/mol. The molecule has 1 aromatic carbocycles. The summed E-state index contributed by atoms with van der Waals surface area (Å²) < 4.78 is 7.34. The number of hydrogen-bond donors (Lipinski definition) is 1. The molecule has 0 aliphatic carbocycles. The van der Waals surface area contributed by atoms with Crippen molar-refractivity contribution >= 4 is 15.9 Å². The predicted octanol–water partition coefficient (Wildman–Crippen LogP) is 4.36. The van der Waals surface area contributed by atoms with Gasteiger partial charge >= 0.3 is 0 Å². The molecule has 1 aliphatic heterocycles. The van der Waals surface area contributed by atoms with E-state index in [1.54, 1.807) is 0 Å². The fourth-order valence-electron chi connectivity index (χ4n) is 2.58. The van der Waals surface area contributed by atoms with Crippen molar-refractivity contribution in [1.82, 2.24) is 5.32 Å². The molecule has 1 heterocycles. The zero-order chi connectivity index (χ0) is 13.1. The van der Waals surface area contributed by atoms with Gasteiger partial charge in [0.1, 0.15) is 11.9 Å². The minimum absolute atomic E-state index is 0.272. The van der Waals surface area contributed by atoms with Crippen LogP contribution in [0.25, 0.3) is 0 Å². The topological polar surface area (TPSA) is 21.3 Å². The lowest BCUT2D eigenvalue weighted by Crippen LogP contribution is -2.31. The second kappa shape index (κ2) is 6.07. The van der Waals surface area contributed by atoms with Gasteiger partial charge in [-0.1, -0.05) is 42.3 Å². The molecule has 0 bridgehead atoms. The Labute approximate surface area is 118 Å². The molecule has 1 aliphatic rings. The molecule has 2 rings (SSSR count). The van der Waals surface area contributed by atoms with Gasteiger partial charge in [-0.2, -0.15) is 0 Å². The Morgan fingerprint density at radius 2 is 2.06 bits per heavy atom. The molecule has 0 spiro atoms. The molecule has 0 saturated heterocycles. The molecule has 2 nitrogen and oxygen atoms in total. The highest BCUT2D eigenvalue weighted by molar-refractivity contribution is 9.10. The molecule has 18 heavy (non-hydrogen) atoms. The second-order valence-corrected chi connectivity index (χ2v) is 5.84. The lowest BCUT2D eigenvalue weighted by molar-refractivity contribution is 0.177. The van der Waals surface area contributed by atoms with Crippen LogP contribution in [0.2, 0.25) is 0 Å². The van der Waals surface area contributed by atoms with Gasteiger partial charge in [-0.05, 0) is 37.9 Å². The van der Waals surface area contributed by atoms with E-state index >= 15 is 0 Å². The van der Waals surface area contributed by atoms with E-state index in [0.717, 1.165) is 36.0 Å². The number of halogens is 1. The van der Waals surface area contributed by atoms with Crippen molar-refractivity contribution in [1.29, 1.82) is 0 Å². The molecule has 2 atom stereocenters. The van der Waals surface area contributed by atoms with E-state index in [2.05, 4.69) is 54.2 Å². The smallest absolute Gasteiger partial charge is 0.128 e. The van der Waals surface area contributed by atoms with E-state index in [0.29, 0.717) is 6.04 Å². The average molecular weight is 312 g/mol. The van der Waals surface area contributed by atoms with Crippen LogP contribution in [0.1, 0.15) is 50.3 Å². The molecule has 1 aromatic rings. The van der Waals surface area contributed by atoms with Crippen molar-refractivity contribution in [2.24, 2.45) is 0 Å². The number of fused-ring (bicyclic) bond motifs is 1. The summed E-state index contributed by atoms with van der Waals surface area (Å²) in [6, 6.07) is 4.58. The quantitative estimate of drug-likeness (QED) is 0.872. The summed E-state index contributed by atoms with van der Waals surface area (Å²) in [5.74, 6) is 1.08. The van der Waals surface area contributed by atoms with Crippen molar-refractivity contribution in [2.45, 2.75) is 52.2 Å². The van der Waals surface area contributed by atoms with Crippen LogP contribution in [-0.4, -0.2) is 12.6 Å². The minimum Gasteiger partial charge on any atom is -0.488 e. The highest BCUT2D eigenvalue weighted by atomic mass is 79.9. The van der Waals surface area contributed by atoms with Crippen LogP contribution in [0.5, 0.6) is 5.75 Å². The first kappa shape index (κ1) is 13.9. The van der Waals surface area contributed by atoms with Gasteiger partial charge in [0.25, 0.3) is 0 Å². The summed E-state index contributed by atoms with van der Waals surface area (Å²) in [4.78, 5) is 0. The van der Waals surface area contributed by atoms with Gasteiger partial charge in [0.15, 0.2) is 0 Å². The number of nitrogens with one attached hydrogen (secondary N) is 1. The Balaban J connectivity index is 2.32. The minimum atomic E-state index is 0.272. The monoisotopic (exact) mass is 311 g/mol. The summed E-state index contributed by atoms with van der Waals surface area (Å²) in [6.45, 7) is 7.57.